The maximum atomic E-state index is 12.4. The molecular formula is C17H14ClNO3. The first-order valence-electron chi connectivity index (χ1n) is 6.85. The first kappa shape index (κ1) is 14.8. The van der Waals surface area contributed by atoms with Gasteiger partial charge >= 0.3 is 0 Å². The molecule has 0 fully saturated rings. The molecule has 0 spiro atoms. The summed E-state index contributed by atoms with van der Waals surface area (Å²) in [4.78, 5) is 24.7. The van der Waals surface area contributed by atoms with Crippen LogP contribution in [0.15, 0.2) is 42.5 Å². The van der Waals surface area contributed by atoms with Gasteiger partial charge in [-0.25, -0.2) is 0 Å². The monoisotopic (exact) mass is 315 g/mol. The van der Waals surface area contributed by atoms with Crippen molar-refractivity contribution in [2.45, 2.75) is 18.9 Å². The first-order chi connectivity index (χ1) is 10.4. The summed E-state index contributed by atoms with van der Waals surface area (Å²) in [5, 5.41) is 13.7. The number of para-hydroxylation sites is 1. The Labute approximate surface area is 132 Å². The number of halogens is 1. The fourth-order valence-electron chi connectivity index (χ4n) is 2.71. The second-order valence-corrected chi connectivity index (χ2v) is 5.80. The molecule has 5 heteroatoms. The fourth-order valence-corrected chi connectivity index (χ4v) is 2.95. The summed E-state index contributed by atoms with van der Waals surface area (Å²) in [6, 6.07) is 11.8. The van der Waals surface area contributed by atoms with Gasteiger partial charge in [0.25, 0.3) is 5.91 Å². The zero-order chi connectivity index (χ0) is 15.9. The average Bonchev–Trinajstić information content (AvgIpc) is 2.73. The third kappa shape index (κ3) is 2.21. The van der Waals surface area contributed by atoms with Crippen molar-refractivity contribution in [3.8, 4) is 0 Å². The normalized spacial score (nSPS) is 19.7. The molecule has 0 unspecified atom stereocenters. The Morgan fingerprint density at radius 2 is 1.95 bits per heavy atom. The second-order valence-electron chi connectivity index (χ2n) is 5.39. The SMILES string of the molecule is Cc1cccc2c1NC(=O)[C@]2(O)CC(=O)c1ccccc1Cl. The Bertz CT molecular complexity index is 787. The smallest absolute Gasteiger partial charge is 0.261 e. The molecule has 1 amide bonds. The van der Waals surface area contributed by atoms with Gasteiger partial charge in [0, 0.05) is 11.1 Å². The predicted octanol–water partition coefficient (Wildman–Crippen LogP) is 3.06. The van der Waals surface area contributed by atoms with Gasteiger partial charge in [-0.1, -0.05) is 41.9 Å². The molecule has 0 bridgehead atoms. The van der Waals surface area contributed by atoms with Crippen molar-refractivity contribution in [2.24, 2.45) is 0 Å². The van der Waals surface area contributed by atoms with Gasteiger partial charge in [-0.05, 0) is 24.6 Å². The number of benzene rings is 2. The zero-order valence-electron chi connectivity index (χ0n) is 11.9. The summed E-state index contributed by atoms with van der Waals surface area (Å²) in [5.41, 5.74) is 0.274. The summed E-state index contributed by atoms with van der Waals surface area (Å²) in [6.07, 6.45) is -0.348. The maximum Gasteiger partial charge on any atom is 0.261 e. The Morgan fingerprint density at radius 1 is 1.23 bits per heavy atom. The van der Waals surface area contributed by atoms with Crippen molar-refractivity contribution < 1.29 is 14.7 Å². The van der Waals surface area contributed by atoms with Crippen molar-refractivity contribution in [2.75, 3.05) is 5.32 Å². The van der Waals surface area contributed by atoms with E-state index >= 15 is 0 Å². The highest BCUT2D eigenvalue weighted by atomic mass is 35.5. The van der Waals surface area contributed by atoms with E-state index in [0.717, 1.165) is 5.56 Å². The number of aliphatic hydroxyl groups is 1. The van der Waals surface area contributed by atoms with Gasteiger partial charge in [0.15, 0.2) is 11.4 Å². The minimum Gasteiger partial charge on any atom is -0.375 e. The minimum atomic E-state index is -1.86. The highest BCUT2D eigenvalue weighted by molar-refractivity contribution is 6.34. The van der Waals surface area contributed by atoms with Gasteiger partial charge in [0.05, 0.1) is 17.1 Å². The molecule has 2 N–H and O–H groups in total. The lowest BCUT2D eigenvalue weighted by atomic mass is 9.87. The van der Waals surface area contributed by atoms with Crippen LogP contribution < -0.4 is 5.32 Å². The number of ketones is 1. The number of fused-ring (bicyclic) bond motifs is 1. The average molecular weight is 316 g/mol. The van der Waals surface area contributed by atoms with Crippen molar-refractivity contribution in [3.05, 3.63) is 64.2 Å². The van der Waals surface area contributed by atoms with Crippen LogP contribution in [0.25, 0.3) is 0 Å². The third-order valence-corrected chi connectivity index (χ3v) is 4.25. The van der Waals surface area contributed by atoms with E-state index in [-0.39, 0.29) is 12.2 Å². The molecule has 3 rings (SSSR count). The molecule has 1 atom stereocenters. The Balaban J connectivity index is 1.99. The largest absolute Gasteiger partial charge is 0.375 e. The van der Waals surface area contributed by atoms with E-state index in [1.54, 1.807) is 36.4 Å². The van der Waals surface area contributed by atoms with Crippen LogP contribution >= 0.6 is 11.6 Å². The van der Waals surface area contributed by atoms with Crippen LogP contribution in [0, 0.1) is 6.92 Å². The molecule has 22 heavy (non-hydrogen) atoms. The minimum absolute atomic E-state index is 0.298. The van der Waals surface area contributed by atoms with Crippen LogP contribution in [-0.4, -0.2) is 16.8 Å². The fraction of sp³-hybridized carbons (Fsp3) is 0.176. The molecule has 1 heterocycles. The first-order valence-corrected chi connectivity index (χ1v) is 7.23. The highest BCUT2D eigenvalue weighted by Gasteiger charge is 2.47. The van der Waals surface area contributed by atoms with Crippen LogP contribution in [-0.2, 0) is 10.4 Å². The Kier molecular flexibility index (Phi) is 3.51. The number of carbonyl (C=O) groups excluding carboxylic acids is 2. The number of nitrogens with one attached hydrogen (secondary N) is 1. The Morgan fingerprint density at radius 3 is 2.68 bits per heavy atom. The molecule has 1 aliphatic heterocycles. The van der Waals surface area contributed by atoms with E-state index in [9.17, 15) is 14.7 Å². The molecule has 112 valence electrons. The predicted molar refractivity (Wildman–Crippen MR) is 84.1 cm³/mol. The third-order valence-electron chi connectivity index (χ3n) is 3.92. The molecule has 2 aromatic carbocycles. The molecule has 4 nitrogen and oxygen atoms in total. The molecule has 0 aromatic heterocycles. The summed E-state index contributed by atoms with van der Waals surface area (Å²) < 4.78 is 0. The standard InChI is InChI=1S/C17H14ClNO3/c1-10-5-4-7-12-15(10)19-16(21)17(12,22)9-14(20)11-6-2-3-8-13(11)18/h2-8,22H,9H2,1H3,(H,19,21)/t17-/m0/s1. The summed E-state index contributed by atoms with van der Waals surface area (Å²) in [5.74, 6) is -0.963. The van der Waals surface area contributed by atoms with Crippen molar-refractivity contribution in [1.29, 1.82) is 0 Å². The van der Waals surface area contributed by atoms with Crippen molar-refractivity contribution in [1.82, 2.24) is 0 Å². The molecule has 1 aliphatic rings. The number of carbonyl (C=O) groups is 2. The van der Waals surface area contributed by atoms with Crippen LogP contribution in [0.2, 0.25) is 5.02 Å². The lowest BCUT2D eigenvalue weighted by molar-refractivity contribution is -0.133. The van der Waals surface area contributed by atoms with E-state index in [4.69, 9.17) is 11.6 Å². The lowest BCUT2D eigenvalue weighted by Crippen LogP contribution is -2.36. The van der Waals surface area contributed by atoms with Gasteiger partial charge in [-0.3, -0.25) is 9.59 Å². The molecule has 0 aliphatic carbocycles. The number of amides is 1. The lowest BCUT2D eigenvalue weighted by Gasteiger charge is -2.20. The van der Waals surface area contributed by atoms with Crippen LogP contribution in [0.1, 0.15) is 27.9 Å². The molecule has 0 saturated carbocycles. The van der Waals surface area contributed by atoms with Crippen LogP contribution in [0.4, 0.5) is 5.69 Å². The van der Waals surface area contributed by atoms with E-state index in [1.165, 1.54) is 0 Å². The summed E-state index contributed by atoms with van der Waals surface area (Å²) >= 11 is 6.01. The summed E-state index contributed by atoms with van der Waals surface area (Å²) in [6.45, 7) is 1.83. The summed E-state index contributed by atoms with van der Waals surface area (Å²) in [7, 11) is 0. The number of hydrogen-bond donors (Lipinski definition) is 2. The number of Topliss-reactive ketones (excluding diaryl/α,β-unsaturated/α-hetero) is 1. The van der Waals surface area contributed by atoms with Crippen molar-refractivity contribution >= 4 is 29.0 Å². The molecule has 0 saturated heterocycles. The van der Waals surface area contributed by atoms with E-state index < -0.39 is 11.5 Å². The number of aryl methyl sites for hydroxylation is 1. The molecule has 2 aromatic rings. The van der Waals surface area contributed by atoms with Crippen LogP contribution in [0.3, 0.4) is 0 Å². The Hall–Kier alpha value is -2.17. The quantitative estimate of drug-likeness (QED) is 0.855. The van der Waals surface area contributed by atoms with Crippen LogP contribution in [0.5, 0.6) is 0 Å². The second kappa shape index (κ2) is 5.23. The van der Waals surface area contributed by atoms with Crippen molar-refractivity contribution in [3.63, 3.8) is 0 Å². The molecular weight excluding hydrogens is 302 g/mol. The van der Waals surface area contributed by atoms with Gasteiger partial charge < -0.3 is 10.4 Å². The number of hydrogen-bond acceptors (Lipinski definition) is 3. The van der Waals surface area contributed by atoms with E-state index in [1.807, 2.05) is 13.0 Å². The number of anilines is 1. The topological polar surface area (TPSA) is 66.4 Å². The van der Waals surface area contributed by atoms with Gasteiger partial charge in [-0.2, -0.15) is 0 Å². The van der Waals surface area contributed by atoms with E-state index in [2.05, 4.69) is 5.32 Å². The van der Waals surface area contributed by atoms with Gasteiger partial charge in [-0.15, -0.1) is 0 Å². The molecule has 0 radical (unpaired) electrons. The van der Waals surface area contributed by atoms with Gasteiger partial charge in [0.1, 0.15) is 0 Å². The van der Waals surface area contributed by atoms with E-state index in [0.29, 0.717) is 21.8 Å². The highest BCUT2D eigenvalue weighted by Crippen LogP contribution is 2.40. The maximum absolute atomic E-state index is 12.4. The number of rotatable bonds is 3. The zero-order valence-corrected chi connectivity index (χ0v) is 12.6. The van der Waals surface area contributed by atoms with Gasteiger partial charge in [0.2, 0.25) is 0 Å².